The van der Waals surface area contributed by atoms with E-state index in [1.807, 2.05) is 0 Å². The van der Waals surface area contributed by atoms with Gasteiger partial charge in [0.05, 0.1) is 15.0 Å². The van der Waals surface area contributed by atoms with Crippen molar-refractivity contribution in [3.63, 3.8) is 0 Å². The lowest BCUT2D eigenvalue weighted by Crippen LogP contribution is -2.04. The zero-order valence-corrected chi connectivity index (χ0v) is 10.4. The van der Waals surface area contributed by atoms with E-state index in [1.54, 1.807) is 6.08 Å². The molecule has 0 aliphatic rings. The second-order valence-electron chi connectivity index (χ2n) is 2.70. The molecule has 0 radical (unpaired) electrons. The highest BCUT2D eigenvalue weighted by molar-refractivity contribution is 9.11. The fraction of sp³-hybridized carbons (Fsp3) is 0. The molecule has 0 aliphatic heterocycles. The van der Waals surface area contributed by atoms with Gasteiger partial charge in [0.25, 0.3) is 5.70 Å². The van der Waals surface area contributed by atoms with Crippen molar-refractivity contribution in [2.75, 3.05) is 0 Å². The number of hydrogen-bond acceptors (Lipinski definition) is 2. The van der Waals surface area contributed by atoms with Gasteiger partial charge in [-0.15, -0.1) is 0 Å². The largest absolute Gasteiger partial charge is 0.290 e. The van der Waals surface area contributed by atoms with Crippen molar-refractivity contribution < 1.29 is 4.92 Å². The SMILES string of the molecule is C=C/C=C(\C=C)C(=C)/C(=C(/Br)C=C)[N+](=O)[O-]. The predicted octanol–water partition coefficient (Wildman–Crippen LogP) is 3.91. The first kappa shape index (κ1) is 14.3. The van der Waals surface area contributed by atoms with Gasteiger partial charge in [-0.05, 0) is 27.6 Å². The van der Waals surface area contributed by atoms with E-state index in [9.17, 15) is 10.1 Å². The monoisotopic (exact) mass is 281 g/mol. The van der Waals surface area contributed by atoms with Crippen LogP contribution >= 0.6 is 15.9 Å². The van der Waals surface area contributed by atoms with Crippen molar-refractivity contribution in [3.05, 3.63) is 82.1 Å². The van der Waals surface area contributed by atoms with Crippen molar-refractivity contribution in [3.8, 4) is 0 Å². The first-order valence-corrected chi connectivity index (χ1v) is 5.10. The van der Waals surface area contributed by atoms with Crippen LogP contribution in [-0.4, -0.2) is 4.92 Å². The van der Waals surface area contributed by atoms with E-state index in [1.165, 1.54) is 18.2 Å². The maximum absolute atomic E-state index is 10.9. The molecule has 0 fully saturated rings. The van der Waals surface area contributed by atoms with Crippen LogP contribution in [0, 0.1) is 10.1 Å². The van der Waals surface area contributed by atoms with Crippen molar-refractivity contribution in [1.29, 1.82) is 0 Å². The van der Waals surface area contributed by atoms with Crippen LogP contribution in [0.3, 0.4) is 0 Å². The van der Waals surface area contributed by atoms with Gasteiger partial charge in [-0.25, -0.2) is 0 Å². The molecule has 0 unspecified atom stereocenters. The Morgan fingerprint density at radius 1 is 1.25 bits per heavy atom. The molecule has 0 spiro atoms. The first-order valence-electron chi connectivity index (χ1n) is 4.31. The fourth-order valence-corrected chi connectivity index (χ4v) is 1.38. The molecule has 0 saturated carbocycles. The van der Waals surface area contributed by atoms with Crippen LogP contribution in [0.1, 0.15) is 0 Å². The average molecular weight is 282 g/mol. The van der Waals surface area contributed by atoms with Gasteiger partial charge in [-0.2, -0.15) is 0 Å². The summed E-state index contributed by atoms with van der Waals surface area (Å²) >= 11 is 3.06. The molecule has 0 rings (SSSR count). The van der Waals surface area contributed by atoms with E-state index in [4.69, 9.17) is 0 Å². The van der Waals surface area contributed by atoms with Crippen LogP contribution in [0.15, 0.2) is 71.9 Å². The molecule has 0 amide bonds. The number of hydrogen-bond donors (Lipinski definition) is 0. The zero-order valence-electron chi connectivity index (χ0n) is 8.78. The lowest BCUT2D eigenvalue weighted by molar-refractivity contribution is -0.420. The Morgan fingerprint density at radius 2 is 1.81 bits per heavy atom. The number of nitrogens with zero attached hydrogens (tertiary/aromatic N) is 1. The Morgan fingerprint density at radius 3 is 2.12 bits per heavy atom. The number of allylic oxidation sites excluding steroid dienone is 6. The minimum atomic E-state index is -0.519. The molecular weight excluding hydrogens is 270 g/mol. The molecule has 0 bridgehead atoms. The summed E-state index contributed by atoms with van der Waals surface area (Å²) in [5.41, 5.74) is 0.662. The fourth-order valence-electron chi connectivity index (χ4n) is 0.994. The summed E-state index contributed by atoms with van der Waals surface area (Å²) in [4.78, 5) is 10.4. The number of halogens is 1. The molecular formula is C12H12BrNO2. The Labute approximate surface area is 103 Å². The van der Waals surface area contributed by atoms with Gasteiger partial charge in [0.1, 0.15) is 0 Å². The lowest BCUT2D eigenvalue weighted by atomic mass is 10.0. The van der Waals surface area contributed by atoms with Crippen molar-refractivity contribution in [2.45, 2.75) is 0 Å². The van der Waals surface area contributed by atoms with Gasteiger partial charge in [0.15, 0.2) is 0 Å². The summed E-state index contributed by atoms with van der Waals surface area (Å²) < 4.78 is 0.277. The number of nitro groups is 1. The smallest absolute Gasteiger partial charge is 0.258 e. The van der Waals surface area contributed by atoms with Crippen molar-refractivity contribution >= 4 is 15.9 Å². The Balaban J connectivity index is 5.60. The number of rotatable bonds is 6. The van der Waals surface area contributed by atoms with Gasteiger partial charge in [0, 0.05) is 0 Å². The molecule has 0 N–H and O–H groups in total. The first-order chi connectivity index (χ1) is 7.49. The van der Waals surface area contributed by atoms with Crippen LogP contribution in [-0.2, 0) is 0 Å². The van der Waals surface area contributed by atoms with Crippen LogP contribution < -0.4 is 0 Å². The minimum absolute atomic E-state index is 0.136. The maximum atomic E-state index is 10.9. The zero-order chi connectivity index (χ0) is 12.7. The van der Waals surface area contributed by atoms with Crippen LogP contribution in [0.4, 0.5) is 0 Å². The molecule has 4 heteroatoms. The molecule has 0 aliphatic carbocycles. The second kappa shape index (κ2) is 6.74. The molecule has 84 valence electrons. The molecule has 0 aromatic carbocycles. The van der Waals surface area contributed by atoms with Crippen LogP contribution in [0.2, 0.25) is 0 Å². The summed E-state index contributed by atoms with van der Waals surface area (Å²) in [7, 11) is 0. The molecule has 0 heterocycles. The molecule has 0 aromatic rings. The van der Waals surface area contributed by atoms with E-state index in [-0.39, 0.29) is 15.8 Å². The van der Waals surface area contributed by atoms with E-state index in [0.29, 0.717) is 5.57 Å². The standard InChI is InChI=1S/C12H12BrNO2/c1-5-8-10(6-2)9(4)12(14(15)16)11(13)7-3/h5-8H,1-4H2/b10-8+,12-11-. The Bertz CT molecular complexity index is 417. The van der Waals surface area contributed by atoms with E-state index in [0.717, 1.165) is 0 Å². The van der Waals surface area contributed by atoms with Gasteiger partial charge in [-0.3, -0.25) is 10.1 Å². The molecule has 0 aromatic heterocycles. The summed E-state index contributed by atoms with van der Waals surface area (Å²) in [5.74, 6) is 0. The third-order valence-corrected chi connectivity index (χ3v) is 2.44. The Hall–Kier alpha value is -1.68. The molecule has 0 saturated heterocycles. The third kappa shape index (κ3) is 3.47. The Kier molecular flexibility index (Phi) is 6.03. The quantitative estimate of drug-likeness (QED) is 0.421. The molecule has 0 atom stereocenters. The van der Waals surface area contributed by atoms with Crippen LogP contribution in [0.5, 0.6) is 0 Å². The van der Waals surface area contributed by atoms with Crippen LogP contribution in [0.25, 0.3) is 0 Å². The second-order valence-corrected chi connectivity index (χ2v) is 3.55. The van der Waals surface area contributed by atoms with Gasteiger partial charge >= 0.3 is 0 Å². The van der Waals surface area contributed by atoms with Crippen molar-refractivity contribution in [2.24, 2.45) is 0 Å². The summed E-state index contributed by atoms with van der Waals surface area (Å²) in [5, 5.41) is 10.9. The maximum Gasteiger partial charge on any atom is 0.290 e. The van der Waals surface area contributed by atoms with E-state index >= 15 is 0 Å². The highest BCUT2D eigenvalue weighted by atomic mass is 79.9. The third-order valence-electron chi connectivity index (χ3n) is 1.74. The summed E-state index contributed by atoms with van der Waals surface area (Å²) in [6.07, 6.45) is 5.94. The van der Waals surface area contributed by atoms with Gasteiger partial charge < -0.3 is 0 Å². The normalized spacial score (nSPS) is 12.4. The highest BCUT2D eigenvalue weighted by Gasteiger charge is 2.20. The van der Waals surface area contributed by atoms with Gasteiger partial charge in [-0.1, -0.05) is 44.5 Å². The highest BCUT2D eigenvalue weighted by Crippen LogP contribution is 2.25. The van der Waals surface area contributed by atoms with E-state index < -0.39 is 4.92 Å². The van der Waals surface area contributed by atoms with Gasteiger partial charge in [0.2, 0.25) is 0 Å². The predicted molar refractivity (Wildman–Crippen MR) is 70.8 cm³/mol. The van der Waals surface area contributed by atoms with E-state index in [2.05, 4.69) is 42.2 Å². The molecule has 3 nitrogen and oxygen atoms in total. The lowest BCUT2D eigenvalue weighted by Gasteiger charge is -2.04. The minimum Gasteiger partial charge on any atom is -0.258 e. The van der Waals surface area contributed by atoms with Crippen molar-refractivity contribution in [1.82, 2.24) is 0 Å². The molecule has 16 heavy (non-hydrogen) atoms. The average Bonchev–Trinajstić information content (AvgIpc) is 2.24. The summed E-state index contributed by atoms with van der Waals surface area (Å²) in [6.45, 7) is 14.2. The summed E-state index contributed by atoms with van der Waals surface area (Å²) in [6, 6.07) is 0. The topological polar surface area (TPSA) is 43.1 Å².